The van der Waals surface area contributed by atoms with Gasteiger partial charge in [-0.3, -0.25) is 14.8 Å². The van der Waals surface area contributed by atoms with Gasteiger partial charge in [-0.05, 0) is 19.1 Å². The normalized spacial score (nSPS) is 14.4. The number of hydrogen-bond donors (Lipinski definition) is 1. The van der Waals surface area contributed by atoms with E-state index in [1.165, 1.54) is 6.07 Å². The van der Waals surface area contributed by atoms with Gasteiger partial charge in [0.25, 0.3) is 5.91 Å². The van der Waals surface area contributed by atoms with Crippen LogP contribution in [0.3, 0.4) is 0 Å². The fourth-order valence-electron chi connectivity index (χ4n) is 3.62. The minimum absolute atomic E-state index is 0.197. The molecule has 8 heteroatoms. The average Bonchev–Trinajstić information content (AvgIpc) is 3.30. The number of nitrogens with zero attached hydrogens (tertiary/aromatic N) is 3. The average molecular weight is 436 g/mol. The fourth-order valence-corrected chi connectivity index (χ4v) is 3.62. The quantitative estimate of drug-likeness (QED) is 0.601. The summed E-state index contributed by atoms with van der Waals surface area (Å²) in [5.41, 5.74) is 3.49. The standard InChI is InChI=1S/C24H25FN4O3/c1-17-6-8-18(9-7-17)21-14-22(27-26-21)24(31)32-16-23(30)29-12-10-28(11-13-29)15-19-4-2-3-5-20(19)25/h2-9,14H,10-13,15-16H2,1H3,(H,26,27). The van der Waals surface area contributed by atoms with Crippen LogP contribution in [0.4, 0.5) is 4.39 Å². The monoisotopic (exact) mass is 436 g/mol. The van der Waals surface area contributed by atoms with E-state index >= 15 is 0 Å². The minimum atomic E-state index is -0.623. The number of esters is 1. The molecule has 166 valence electrons. The molecule has 0 aliphatic carbocycles. The van der Waals surface area contributed by atoms with Crippen molar-refractivity contribution in [2.45, 2.75) is 13.5 Å². The molecule has 0 spiro atoms. The molecule has 1 aliphatic rings. The molecular weight excluding hydrogens is 411 g/mol. The third-order valence-corrected chi connectivity index (χ3v) is 5.55. The van der Waals surface area contributed by atoms with Crippen LogP contribution in [0.1, 0.15) is 21.6 Å². The largest absolute Gasteiger partial charge is 0.451 e. The minimum Gasteiger partial charge on any atom is -0.451 e. The lowest BCUT2D eigenvalue weighted by Crippen LogP contribution is -2.49. The first-order valence-corrected chi connectivity index (χ1v) is 10.5. The number of rotatable bonds is 6. The molecule has 0 bridgehead atoms. The van der Waals surface area contributed by atoms with Crippen molar-refractivity contribution in [3.63, 3.8) is 0 Å². The molecule has 1 amide bonds. The Hall–Kier alpha value is -3.52. The second-order valence-electron chi connectivity index (χ2n) is 7.86. The van der Waals surface area contributed by atoms with E-state index in [1.54, 1.807) is 23.1 Å². The lowest BCUT2D eigenvalue weighted by Gasteiger charge is -2.34. The number of carbonyl (C=O) groups excluding carboxylic acids is 2. The highest BCUT2D eigenvalue weighted by Crippen LogP contribution is 2.18. The van der Waals surface area contributed by atoms with Crippen LogP contribution in [0.25, 0.3) is 11.3 Å². The van der Waals surface area contributed by atoms with Crippen LogP contribution in [-0.4, -0.2) is 64.7 Å². The number of amides is 1. The zero-order chi connectivity index (χ0) is 22.5. The smallest absolute Gasteiger partial charge is 0.356 e. The maximum atomic E-state index is 13.8. The number of aromatic amines is 1. The van der Waals surface area contributed by atoms with E-state index in [0.717, 1.165) is 11.1 Å². The van der Waals surface area contributed by atoms with Crippen LogP contribution in [0.15, 0.2) is 54.6 Å². The first-order valence-electron chi connectivity index (χ1n) is 10.5. The summed E-state index contributed by atoms with van der Waals surface area (Å²) in [5, 5.41) is 6.82. The third-order valence-electron chi connectivity index (χ3n) is 5.55. The highest BCUT2D eigenvalue weighted by molar-refractivity contribution is 5.90. The predicted molar refractivity (Wildman–Crippen MR) is 117 cm³/mol. The van der Waals surface area contributed by atoms with Crippen molar-refractivity contribution < 1.29 is 18.7 Å². The number of hydrogen-bond acceptors (Lipinski definition) is 5. The van der Waals surface area contributed by atoms with Gasteiger partial charge in [0, 0.05) is 43.9 Å². The third kappa shape index (κ3) is 5.20. The zero-order valence-electron chi connectivity index (χ0n) is 17.9. The summed E-state index contributed by atoms with van der Waals surface area (Å²) in [7, 11) is 0. The molecule has 0 saturated carbocycles. The number of aryl methyl sites for hydroxylation is 1. The number of halogens is 1. The van der Waals surface area contributed by atoms with Gasteiger partial charge in [0.15, 0.2) is 6.61 Å². The van der Waals surface area contributed by atoms with E-state index in [0.29, 0.717) is 44.0 Å². The second-order valence-corrected chi connectivity index (χ2v) is 7.86. The van der Waals surface area contributed by atoms with Gasteiger partial charge < -0.3 is 9.64 Å². The molecule has 7 nitrogen and oxygen atoms in total. The van der Waals surface area contributed by atoms with E-state index in [9.17, 15) is 14.0 Å². The Labute approximate surface area is 185 Å². The molecule has 3 aromatic rings. The highest BCUT2D eigenvalue weighted by Gasteiger charge is 2.23. The summed E-state index contributed by atoms with van der Waals surface area (Å²) in [6.07, 6.45) is 0. The molecule has 2 heterocycles. The Balaban J connectivity index is 1.24. The van der Waals surface area contributed by atoms with E-state index in [2.05, 4.69) is 15.1 Å². The molecular formula is C24H25FN4O3. The molecule has 0 unspecified atom stereocenters. The van der Waals surface area contributed by atoms with Crippen LogP contribution >= 0.6 is 0 Å². The van der Waals surface area contributed by atoms with E-state index < -0.39 is 5.97 Å². The van der Waals surface area contributed by atoms with Crippen molar-refractivity contribution in [3.05, 3.63) is 77.2 Å². The van der Waals surface area contributed by atoms with Crippen LogP contribution in [-0.2, 0) is 16.1 Å². The van der Waals surface area contributed by atoms with Crippen LogP contribution in [0, 0.1) is 12.7 Å². The van der Waals surface area contributed by atoms with Gasteiger partial charge in [-0.1, -0.05) is 48.0 Å². The molecule has 0 radical (unpaired) electrons. The van der Waals surface area contributed by atoms with Crippen molar-refractivity contribution in [2.75, 3.05) is 32.8 Å². The van der Waals surface area contributed by atoms with E-state index in [1.807, 2.05) is 37.3 Å². The van der Waals surface area contributed by atoms with E-state index in [4.69, 9.17) is 4.74 Å². The van der Waals surface area contributed by atoms with Crippen molar-refractivity contribution in [1.82, 2.24) is 20.0 Å². The Morgan fingerprint density at radius 1 is 1.06 bits per heavy atom. The molecule has 1 aromatic heterocycles. The number of piperazine rings is 1. The van der Waals surface area contributed by atoms with Crippen molar-refractivity contribution in [3.8, 4) is 11.3 Å². The summed E-state index contributed by atoms with van der Waals surface area (Å²) in [4.78, 5) is 28.5. The van der Waals surface area contributed by atoms with Crippen LogP contribution in [0.5, 0.6) is 0 Å². The Kier molecular flexibility index (Phi) is 6.61. The summed E-state index contributed by atoms with van der Waals surface area (Å²) in [5.74, 6) is -1.09. The number of nitrogens with one attached hydrogen (secondary N) is 1. The molecule has 1 N–H and O–H groups in total. The predicted octanol–water partition coefficient (Wildman–Crippen LogP) is 3.03. The summed E-state index contributed by atoms with van der Waals surface area (Å²) >= 11 is 0. The molecule has 2 aromatic carbocycles. The number of benzene rings is 2. The van der Waals surface area contributed by atoms with Gasteiger partial charge in [-0.25, -0.2) is 9.18 Å². The van der Waals surface area contributed by atoms with E-state index in [-0.39, 0.29) is 24.0 Å². The molecule has 4 rings (SSSR count). The SMILES string of the molecule is Cc1ccc(-c2cc(C(=O)OCC(=O)N3CCN(Cc4ccccc4F)CC3)[nH]n2)cc1. The van der Waals surface area contributed by atoms with Gasteiger partial charge in [-0.15, -0.1) is 0 Å². The Morgan fingerprint density at radius 3 is 2.50 bits per heavy atom. The highest BCUT2D eigenvalue weighted by atomic mass is 19.1. The van der Waals surface area contributed by atoms with Gasteiger partial charge in [0.2, 0.25) is 0 Å². The molecule has 0 atom stereocenters. The number of carbonyl (C=O) groups is 2. The molecule has 1 fully saturated rings. The zero-order valence-corrected chi connectivity index (χ0v) is 17.9. The second kappa shape index (κ2) is 9.74. The fraction of sp³-hybridized carbons (Fsp3) is 0.292. The summed E-state index contributed by atoms with van der Waals surface area (Å²) < 4.78 is 19.0. The lowest BCUT2D eigenvalue weighted by atomic mass is 10.1. The molecule has 32 heavy (non-hydrogen) atoms. The Bertz CT molecular complexity index is 1090. The van der Waals surface area contributed by atoms with Crippen molar-refractivity contribution in [2.24, 2.45) is 0 Å². The number of H-pyrrole nitrogens is 1. The molecule has 1 saturated heterocycles. The summed E-state index contributed by atoms with van der Waals surface area (Å²) in [6, 6.07) is 16.1. The summed E-state index contributed by atoms with van der Waals surface area (Å²) in [6.45, 7) is 4.46. The molecule has 1 aliphatic heterocycles. The Morgan fingerprint density at radius 2 is 1.78 bits per heavy atom. The van der Waals surface area contributed by atoms with Gasteiger partial charge in [-0.2, -0.15) is 5.10 Å². The van der Waals surface area contributed by atoms with Gasteiger partial charge >= 0.3 is 5.97 Å². The lowest BCUT2D eigenvalue weighted by molar-refractivity contribution is -0.136. The first kappa shape index (κ1) is 21.7. The number of ether oxygens (including phenoxy) is 1. The maximum absolute atomic E-state index is 13.8. The number of aromatic nitrogens is 2. The van der Waals surface area contributed by atoms with Crippen molar-refractivity contribution >= 4 is 11.9 Å². The maximum Gasteiger partial charge on any atom is 0.356 e. The van der Waals surface area contributed by atoms with Crippen LogP contribution in [0.2, 0.25) is 0 Å². The topological polar surface area (TPSA) is 78.5 Å². The van der Waals surface area contributed by atoms with Crippen molar-refractivity contribution in [1.29, 1.82) is 0 Å². The van der Waals surface area contributed by atoms with Gasteiger partial charge in [0.05, 0.1) is 5.69 Å². The first-order chi connectivity index (χ1) is 15.5. The van der Waals surface area contributed by atoms with Gasteiger partial charge in [0.1, 0.15) is 11.5 Å². The van der Waals surface area contributed by atoms with Crippen LogP contribution < -0.4 is 0 Å².